The lowest BCUT2D eigenvalue weighted by atomic mass is 9.93. The van der Waals surface area contributed by atoms with Gasteiger partial charge >= 0.3 is 0 Å². The summed E-state index contributed by atoms with van der Waals surface area (Å²) < 4.78 is 20.6. The Morgan fingerprint density at radius 1 is 0.857 bits per heavy atom. The van der Waals surface area contributed by atoms with E-state index < -0.39 is 17.9 Å². The molecule has 1 atom stereocenters. The molecule has 7 nitrogen and oxygen atoms in total. The maximum absolute atomic E-state index is 14.2. The molecular formula is C40H38ClFN4O3. The number of hydrogen-bond acceptors (Lipinski definition) is 6. The van der Waals surface area contributed by atoms with Crippen LogP contribution in [-0.4, -0.2) is 44.0 Å². The predicted molar refractivity (Wildman–Crippen MR) is 194 cm³/mol. The zero-order valence-electron chi connectivity index (χ0n) is 27.2. The van der Waals surface area contributed by atoms with E-state index in [1.807, 2.05) is 79.7 Å². The predicted octanol–water partition coefficient (Wildman–Crippen LogP) is 7.84. The molecule has 3 N–H and O–H groups in total. The number of amides is 2. The Balaban J connectivity index is 1.30. The van der Waals surface area contributed by atoms with E-state index in [4.69, 9.17) is 16.3 Å². The summed E-state index contributed by atoms with van der Waals surface area (Å²) in [6.45, 7) is 5.73. The maximum Gasteiger partial charge on any atom is 0.258 e. The number of halogens is 2. The summed E-state index contributed by atoms with van der Waals surface area (Å²) >= 11 is 6.48. The lowest BCUT2D eigenvalue weighted by Crippen LogP contribution is -2.45. The molecule has 250 valence electrons. The van der Waals surface area contributed by atoms with E-state index in [9.17, 15) is 14.0 Å². The fourth-order valence-corrected chi connectivity index (χ4v) is 6.08. The molecule has 1 aliphatic heterocycles. The van der Waals surface area contributed by atoms with Crippen LogP contribution in [0.2, 0.25) is 5.02 Å². The Kier molecular flexibility index (Phi) is 11.0. The average Bonchev–Trinajstić information content (AvgIpc) is 3.13. The van der Waals surface area contributed by atoms with Crippen molar-refractivity contribution in [2.45, 2.75) is 25.9 Å². The molecule has 1 unspecified atom stereocenters. The number of carbonyl (C=O) groups is 2. The molecule has 0 aromatic heterocycles. The van der Waals surface area contributed by atoms with Crippen molar-refractivity contribution in [3.63, 3.8) is 0 Å². The van der Waals surface area contributed by atoms with Crippen molar-refractivity contribution in [1.29, 1.82) is 0 Å². The third-order valence-electron chi connectivity index (χ3n) is 8.61. The summed E-state index contributed by atoms with van der Waals surface area (Å²) in [6.07, 6.45) is 0.399. The Labute approximate surface area is 291 Å². The first-order valence-electron chi connectivity index (χ1n) is 16.4. The van der Waals surface area contributed by atoms with Gasteiger partial charge in [0, 0.05) is 66.2 Å². The van der Waals surface area contributed by atoms with Gasteiger partial charge in [-0.1, -0.05) is 73.1 Å². The van der Waals surface area contributed by atoms with Crippen LogP contribution in [0.4, 0.5) is 10.1 Å². The van der Waals surface area contributed by atoms with Gasteiger partial charge in [0.25, 0.3) is 5.91 Å². The molecule has 0 bridgehead atoms. The second-order valence-corrected chi connectivity index (χ2v) is 12.3. The summed E-state index contributed by atoms with van der Waals surface area (Å²) in [6, 6.07) is 34.2. The van der Waals surface area contributed by atoms with Crippen LogP contribution in [-0.2, 0) is 11.3 Å². The molecule has 1 fully saturated rings. The topological polar surface area (TPSA) is 82.7 Å². The van der Waals surface area contributed by atoms with Gasteiger partial charge in [-0.05, 0) is 77.7 Å². The van der Waals surface area contributed by atoms with Gasteiger partial charge in [0.1, 0.15) is 17.3 Å². The number of anilines is 1. The number of hydrogen-bond donors (Lipinski definition) is 3. The fourth-order valence-electron chi connectivity index (χ4n) is 5.92. The first-order valence-corrected chi connectivity index (χ1v) is 16.8. The van der Waals surface area contributed by atoms with Crippen LogP contribution in [0.15, 0.2) is 115 Å². The Morgan fingerprint density at radius 2 is 1.59 bits per heavy atom. The largest absolute Gasteiger partial charge is 0.457 e. The van der Waals surface area contributed by atoms with Gasteiger partial charge in [0.15, 0.2) is 0 Å². The summed E-state index contributed by atoms with van der Waals surface area (Å²) in [5.74, 6) is -0.340. The van der Waals surface area contributed by atoms with Crippen molar-refractivity contribution in [2.75, 3.05) is 31.1 Å². The first kappa shape index (κ1) is 33.9. The van der Waals surface area contributed by atoms with Gasteiger partial charge in [-0.25, -0.2) is 4.39 Å². The van der Waals surface area contributed by atoms with Crippen LogP contribution >= 0.6 is 11.6 Å². The molecule has 6 rings (SSSR count). The van der Waals surface area contributed by atoms with Crippen molar-refractivity contribution in [3.05, 3.63) is 137 Å². The highest BCUT2D eigenvalue weighted by molar-refractivity contribution is 6.30. The second-order valence-electron chi connectivity index (χ2n) is 11.9. The van der Waals surface area contributed by atoms with Crippen molar-refractivity contribution >= 4 is 29.1 Å². The highest BCUT2D eigenvalue weighted by atomic mass is 35.5. The molecule has 5 aromatic rings. The normalized spacial score (nSPS) is 13.5. The number of piperazine rings is 1. The lowest BCUT2D eigenvalue weighted by Gasteiger charge is -2.29. The maximum atomic E-state index is 14.2. The van der Waals surface area contributed by atoms with Crippen LogP contribution in [0.1, 0.15) is 29.3 Å². The van der Waals surface area contributed by atoms with Crippen molar-refractivity contribution < 1.29 is 18.7 Å². The van der Waals surface area contributed by atoms with E-state index >= 15 is 0 Å². The van der Waals surface area contributed by atoms with E-state index in [2.05, 4.69) is 20.9 Å². The molecule has 0 radical (unpaired) electrons. The molecule has 0 saturated carbocycles. The van der Waals surface area contributed by atoms with Gasteiger partial charge in [0.2, 0.25) is 5.91 Å². The number of ether oxygens (including phenoxy) is 1. The minimum absolute atomic E-state index is 0.144. The SMILES string of the molecule is CCC(NCc1ccccc1F)C(=O)NC(=O)c1ccc(-c2ccccc2)cc1-c1ccc(Cl)cc1Oc1ccc(N2CCNCC2)cc1. The lowest BCUT2D eigenvalue weighted by molar-refractivity contribution is -0.122. The second kappa shape index (κ2) is 15.9. The summed E-state index contributed by atoms with van der Waals surface area (Å²) in [4.78, 5) is 29.6. The van der Waals surface area contributed by atoms with Crippen molar-refractivity contribution in [1.82, 2.24) is 16.0 Å². The standard InChI is InChI=1S/C40H38ClFN4O3/c1-2-37(44-26-29-10-6-7-11-36(29)42)40(48)45-39(47)34-18-12-28(27-8-4-3-5-9-27)24-35(34)33-19-13-30(41)25-38(33)49-32-16-14-31(15-17-32)46-22-20-43-21-23-46/h3-19,24-25,37,43-44H,2,20-23,26H2,1H3,(H,45,47,48). The third-order valence-corrected chi connectivity index (χ3v) is 8.85. The van der Waals surface area contributed by atoms with Crippen LogP contribution in [0.25, 0.3) is 22.3 Å². The van der Waals surface area contributed by atoms with E-state index in [1.165, 1.54) is 6.07 Å². The quantitative estimate of drug-likeness (QED) is 0.132. The molecule has 2 amide bonds. The van der Waals surface area contributed by atoms with Crippen LogP contribution in [0.3, 0.4) is 0 Å². The van der Waals surface area contributed by atoms with Crippen molar-refractivity contribution in [3.8, 4) is 33.8 Å². The molecule has 1 aliphatic rings. The average molecular weight is 677 g/mol. The highest BCUT2D eigenvalue weighted by Crippen LogP contribution is 2.39. The Hall–Kier alpha value is -5.02. The molecule has 0 spiro atoms. The summed E-state index contributed by atoms with van der Waals surface area (Å²) in [5, 5.41) is 9.51. The smallest absolute Gasteiger partial charge is 0.258 e. The van der Waals surface area contributed by atoms with Gasteiger partial charge in [-0.15, -0.1) is 0 Å². The van der Waals surface area contributed by atoms with Crippen LogP contribution in [0, 0.1) is 5.82 Å². The molecular weight excluding hydrogens is 639 g/mol. The van der Waals surface area contributed by atoms with Crippen molar-refractivity contribution in [2.24, 2.45) is 0 Å². The van der Waals surface area contributed by atoms with Gasteiger partial charge in [-0.3, -0.25) is 14.9 Å². The number of nitrogens with zero attached hydrogens (tertiary/aromatic N) is 1. The minimum atomic E-state index is -0.714. The van der Waals surface area contributed by atoms with Gasteiger partial charge in [0.05, 0.1) is 6.04 Å². The Bertz CT molecular complexity index is 1910. The molecule has 5 aromatic carbocycles. The van der Waals surface area contributed by atoms with E-state index in [0.29, 0.717) is 45.2 Å². The molecule has 1 heterocycles. The van der Waals surface area contributed by atoms with E-state index in [-0.39, 0.29) is 12.4 Å². The van der Waals surface area contributed by atoms with Gasteiger partial charge < -0.3 is 20.3 Å². The third kappa shape index (κ3) is 8.35. The van der Waals surface area contributed by atoms with E-state index in [0.717, 1.165) is 43.0 Å². The fraction of sp³-hybridized carbons (Fsp3) is 0.200. The number of nitrogens with one attached hydrogen (secondary N) is 3. The number of benzene rings is 5. The Morgan fingerprint density at radius 3 is 2.33 bits per heavy atom. The number of rotatable bonds is 11. The van der Waals surface area contributed by atoms with Crippen LogP contribution in [0.5, 0.6) is 11.5 Å². The molecule has 0 aliphatic carbocycles. The molecule has 1 saturated heterocycles. The number of imide groups is 1. The summed E-state index contributed by atoms with van der Waals surface area (Å²) in [7, 11) is 0. The first-order chi connectivity index (χ1) is 23.9. The van der Waals surface area contributed by atoms with E-state index in [1.54, 1.807) is 36.4 Å². The van der Waals surface area contributed by atoms with Gasteiger partial charge in [-0.2, -0.15) is 0 Å². The number of carbonyl (C=O) groups excluding carboxylic acids is 2. The highest BCUT2D eigenvalue weighted by Gasteiger charge is 2.23. The molecule has 9 heteroatoms. The minimum Gasteiger partial charge on any atom is -0.457 e. The zero-order valence-corrected chi connectivity index (χ0v) is 28.0. The summed E-state index contributed by atoms with van der Waals surface area (Å²) in [5.41, 5.74) is 4.91. The van der Waals surface area contributed by atoms with Crippen LogP contribution < -0.4 is 25.6 Å². The molecule has 49 heavy (non-hydrogen) atoms. The monoisotopic (exact) mass is 676 g/mol. The zero-order chi connectivity index (χ0) is 34.2.